The van der Waals surface area contributed by atoms with Crippen molar-refractivity contribution < 1.29 is 9.21 Å². The van der Waals surface area contributed by atoms with Gasteiger partial charge in [0.1, 0.15) is 5.76 Å². The van der Waals surface area contributed by atoms with Crippen molar-refractivity contribution in [3.63, 3.8) is 0 Å². The van der Waals surface area contributed by atoms with Gasteiger partial charge in [-0.25, -0.2) is 0 Å². The molecule has 1 aromatic heterocycles. The molecule has 23 heavy (non-hydrogen) atoms. The zero-order valence-corrected chi connectivity index (χ0v) is 14.5. The van der Waals surface area contributed by atoms with Crippen LogP contribution in [0.25, 0.3) is 6.08 Å². The number of carbonyl (C=O) groups excluding carboxylic acids is 1. The molecule has 116 valence electrons. The zero-order valence-electron chi connectivity index (χ0n) is 12.2. The SMILES string of the molecule is CC(=C\c1ccco1)/C=C1/SC(=S)N(c2cccc(Cl)c2)C1=O. The Morgan fingerprint density at radius 1 is 1.35 bits per heavy atom. The molecule has 0 atom stereocenters. The third kappa shape index (κ3) is 3.58. The van der Waals surface area contributed by atoms with Gasteiger partial charge in [0.05, 0.1) is 16.9 Å². The number of hydrogen-bond donors (Lipinski definition) is 0. The lowest BCUT2D eigenvalue weighted by atomic mass is 10.2. The molecule has 1 fully saturated rings. The van der Waals surface area contributed by atoms with Crippen LogP contribution in [-0.4, -0.2) is 10.2 Å². The number of benzene rings is 1. The molecule has 0 bridgehead atoms. The van der Waals surface area contributed by atoms with Gasteiger partial charge in [0, 0.05) is 5.02 Å². The number of thioether (sulfide) groups is 1. The van der Waals surface area contributed by atoms with Gasteiger partial charge in [-0.15, -0.1) is 0 Å². The van der Waals surface area contributed by atoms with Gasteiger partial charge < -0.3 is 4.42 Å². The van der Waals surface area contributed by atoms with E-state index in [0.717, 1.165) is 11.3 Å². The molecule has 2 heterocycles. The fourth-order valence-electron chi connectivity index (χ4n) is 2.15. The first-order valence-electron chi connectivity index (χ1n) is 6.80. The Bertz CT molecular complexity index is 825. The van der Waals surface area contributed by atoms with Crippen LogP contribution in [0, 0.1) is 0 Å². The highest BCUT2D eigenvalue weighted by molar-refractivity contribution is 8.27. The summed E-state index contributed by atoms with van der Waals surface area (Å²) in [6.07, 6.45) is 5.29. The molecule has 1 saturated heterocycles. The van der Waals surface area contributed by atoms with Gasteiger partial charge in [-0.05, 0) is 55.0 Å². The number of rotatable bonds is 3. The number of amides is 1. The molecule has 1 aliphatic heterocycles. The minimum atomic E-state index is -0.144. The van der Waals surface area contributed by atoms with Crippen molar-refractivity contribution in [2.75, 3.05) is 4.90 Å². The molecule has 1 aliphatic rings. The number of allylic oxidation sites excluding steroid dienone is 2. The van der Waals surface area contributed by atoms with Crippen molar-refractivity contribution in [1.29, 1.82) is 0 Å². The van der Waals surface area contributed by atoms with E-state index in [9.17, 15) is 4.79 Å². The maximum Gasteiger partial charge on any atom is 0.270 e. The van der Waals surface area contributed by atoms with Crippen LogP contribution in [0.1, 0.15) is 12.7 Å². The molecule has 0 saturated carbocycles. The van der Waals surface area contributed by atoms with Crippen LogP contribution in [0.4, 0.5) is 5.69 Å². The summed E-state index contributed by atoms with van der Waals surface area (Å²) in [5, 5.41) is 0.564. The molecule has 3 nitrogen and oxygen atoms in total. The minimum Gasteiger partial charge on any atom is -0.465 e. The lowest BCUT2D eigenvalue weighted by Gasteiger charge is -2.14. The Morgan fingerprint density at radius 2 is 2.17 bits per heavy atom. The maximum absolute atomic E-state index is 12.6. The number of hydrogen-bond acceptors (Lipinski definition) is 4. The summed E-state index contributed by atoms with van der Waals surface area (Å²) in [4.78, 5) is 14.7. The number of anilines is 1. The molecule has 0 spiro atoms. The van der Waals surface area contributed by atoms with Gasteiger partial charge in [0.2, 0.25) is 0 Å². The largest absolute Gasteiger partial charge is 0.465 e. The Kier molecular flexibility index (Phi) is 4.71. The monoisotopic (exact) mass is 361 g/mol. The molecular formula is C17H12ClNO2S2. The first-order valence-corrected chi connectivity index (χ1v) is 8.40. The molecule has 0 unspecified atom stereocenters. The number of nitrogens with zero attached hydrogens (tertiary/aromatic N) is 1. The van der Waals surface area contributed by atoms with E-state index in [1.807, 2.05) is 37.3 Å². The summed E-state index contributed by atoms with van der Waals surface area (Å²) in [5.74, 6) is 0.596. The first kappa shape index (κ1) is 16.1. The van der Waals surface area contributed by atoms with E-state index in [-0.39, 0.29) is 5.91 Å². The smallest absolute Gasteiger partial charge is 0.270 e. The summed E-state index contributed by atoms with van der Waals surface area (Å²) < 4.78 is 5.77. The average Bonchev–Trinajstić information content (AvgIpc) is 3.08. The molecule has 1 amide bonds. The minimum absolute atomic E-state index is 0.144. The van der Waals surface area contributed by atoms with E-state index in [2.05, 4.69) is 0 Å². The third-order valence-electron chi connectivity index (χ3n) is 3.13. The normalized spacial score (nSPS) is 17.4. The molecule has 2 aromatic rings. The molecule has 6 heteroatoms. The van der Waals surface area contributed by atoms with Crippen LogP contribution in [0.3, 0.4) is 0 Å². The second kappa shape index (κ2) is 6.74. The topological polar surface area (TPSA) is 33.5 Å². The van der Waals surface area contributed by atoms with E-state index >= 15 is 0 Å². The van der Waals surface area contributed by atoms with E-state index in [4.69, 9.17) is 28.2 Å². The molecule has 0 aliphatic carbocycles. The van der Waals surface area contributed by atoms with Crippen molar-refractivity contribution in [1.82, 2.24) is 0 Å². The molecule has 0 radical (unpaired) electrons. The maximum atomic E-state index is 12.6. The number of furan rings is 1. The lowest BCUT2D eigenvalue weighted by molar-refractivity contribution is -0.113. The lowest BCUT2D eigenvalue weighted by Crippen LogP contribution is -2.27. The van der Waals surface area contributed by atoms with Crippen LogP contribution in [0.2, 0.25) is 5.02 Å². The third-order valence-corrected chi connectivity index (χ3v) is 4.67. The van der Waals surface area contributed by atoms with E-state index in [1.54, 1.807) is 24.5 Å². The Balaban J connectivity index is 1.88. The number of halogens is 1. The van der Waals surface area contributed by atoms with E-state index in [1.165, 1.54) is 16.7 Å². The van der Waals surface area contributed by atoms with Crippen LogP contribution in [0.5, 0.6) is 0 Å². The van der Waals surface area contributed by atoms with E-state index in [0.29, 0.717) is 19.9 Å². The highest BCUT2D eigenvalue weighted by atomic mass is 35.5. The summed E-state index contributed by atoms with van der Waals surface area (Å²) >= 11 is 12.6. The number of thiocarbonyl (C=S) groups is 1. The standard InChI is InChI=1S/C17H12ClNO2S2/c1-11(8-14-6-3-7-21-14)9-15-16(20)19(17(22)23-15)13-5-2-4-12(18)10-13/h2-10H,1H3/b11-8+,15-9+. The highest BCUT2D eigenvalue weighted by Crippen LogP contribution is 2.36. The Hall–Kier alpha value is -1.82. The summed E-state index contributed by atoms with van der Waals surface area (Å²) in [6, 6.07) is 10.8. The molecule has 1 aromatic carbocycles. The van der Waals surface area contributed by atoms with Crippen molar-refractivity contribution in [3.05, 3.63) is 70.0 Å². The van der Waals surface area contributed by atoms with Gasteiger partial charge >= 0.3 is 0 Å². The van der Waals surface area contributed by atoms with Gasteiger partial charge in [0.15, 0.2) is 4.32 Å². The predicted octanol–water partition coefficient (Wildman–Crippen LogP) is 5.29. The summed E-state index contributed by atoms with van der Waals surface area (Å²) in [7, 11) is 0. The van der Waals surface area contributed by atoms with Gasteiger partial charge in [0.25, 0.3) is 5.91 Å². The quantitative estimate of drug-likeness (QED) is 0.549. The Morgan fingerprint density at radius 3 is 2.87 bits per heavy atom. The molecule has 0 N–H and O–H groups in total. The van der Waals surface area contributed by atoms with Crippen LogP contribution in [-0.2, 0) is 4.79 Å². The molecule has 3 rings (SSSR count). The molecular weight excluding hydrogens is 350 g/mol. The summed E-state index contributed by atoms with van der Waals surface area (Å²) in [5.41, 5.74) is 1.59. The second-order valence-electron chi connectivity index (χ2n) is 4.90. The average molecular weight is 362 g/mol. The number of carbonyl (C=O) groups is 1. The summed E-state index contributed by atoms with van der Waals surface area (Å²) in [6.45, 7) is 1.91. The van der Waals surface area contributed by atoms with Gasteiger partial charge in [-0.2, -0.15) is 0 Å². The van der Waals surface area contributed by atoms with Crippen LogP contribution in [0.15, 0.2) is 63.6 Å². The first-order chi connectivity index (χ1) is 11.0. The van der Waals surface area contributed by atoms with E-state index < -0.39 is 0 Å². The van der Waals surface area contributed by atoms with Crippen molar-refractivity contribution in [3.8, 4) is 0 Å². The van der Waals surface area contributed by atoms with Crippen LogP contribution >= 0.6 is 35.6 Å². The fourth-order valence-corrected chi connectivity index (χ4v) is 3.69. The second-order valence-corrected chi connectivity index (χ2v) is 7.01. The zero-order chi connectivity index (χ0) is 16.4. The highest BCUT2D eigenvalue weighted by Gasteiger charge is 2.33. The van der Waals surface area contributed by atoms with Crippen LogP contribution < -0.4 is 4.90 Å². The van der Waals surface area contributed by atoms with Gasteiger partial charge in [-0.1, -0.05) is 41.6 Å². The van der Waals surface area contributed by atoms with Crippen molar-refractivity contribution in [2.24, 2.45) is 0 Å². The predicted molar refractivity (Wildman–Crippen MR) is 99.6 cm³/mol. The fraction of sp³-hybridized carbons (Fsp3) is 0.0588. The van der Waals surface area contributed by atoms with Gasteiger partial charge in [-0.3, -0.25) is 9.69 Å². The Labute approximate surface area is 148 Å². The van der Waals surface area contributed by atoms with Crippen molar-refractivity contribution in [2.45, 2.75) is 6.92 Å². The van der Waals surface area contributed by atoms with Crippen molar-refractivity contribution >= 4 is 57.6 Å².